The van der Waals surface area contributed by atoms with E-state index in [4.69, 9.17) is 9.84 Å². The van der Waals surface area contributed by atoms with Gasteiger partial charge in [0.1, 0.15) is 5.75 Å². The van der Waals surface area contributed by atoms with E-state index in [2.05, 4.69) is 9.97 Å². The van der Waals surface area contributed by atoms with Crippen molar-refractivity contribution in [3.05, 3.63) is 88.4 Å². The molecule has 1 atom stereocenters. The van der Waals surface area contributed by atoms with Gasteiger partial charge in [0.05, 0.1) is 34.8 Å². The van der Waals surface area contributed by atoms with Crippen molar-refractivity contribution < 1.29 is 9.53 Å². The van der Waals surface area contributed by atoms with E-state index in [1.807, 2.05) is 60.0 Å². The first-order chi connectivity index (χ1) is 14.7. The highest BCUT2D eigenvalue weighted by Gasteiger charge is 2.34. The largest absolute Gasteiger partial charge is 0.497 e. The quantitative estimate of drug-likeness (QED) is 0.486. The number of amides is 1. The van der Waals surface area contributed by atoms with Gasteiger partial charge in [-0.15, -0.1) is 11.3 Å². The zero-order chi connectivity index (χ0) is 20.5. The Morgan fingerprint density at radius 3 is 2.60 bits per heavy atom. The molecule has 4 aromatic rings. The number of carbonyl (C=O) groups excluding carboxylic acids is 1. The standard InChI is InChI=1S/C23H18N4O2S/c1-29-17-7-4-15(5-8-17)19-14-21(27(26-19)23(28)22-3-2-12-30-22)16-6-9-18-20(13-16)25-11-10-24-18/h2-13,21H,14H2,1H3/t21-/m0/s1. The van der Waals surface area contributed by atoms with Crippen molar-refractivity contribution in [3.63, 3.8) is 0 Å². The van der Waals surface area contributed by atoms with Gasteiger partial charge in [0, 0.05) is 18.8 Å². The summed E-state index contributed by atoms with van der Waals surface area (Å²) < 4.78 is 5.26. The average molecular weight is 414 g/mol. The molecule has 1 amide bonds. The zero-order valence-electron chi connectivity index (χ0n) is 16.2. The maximum Gasteiger partial charge on any atom is 0.284 e. The van der Waals surface area contributed by atoms with Crippen LogP contribution in [-0.2, 0) is 0 Å². The van der Waals surface area contributed by atoms with Crippen molar-refractivity contribution in [3.8, 4) is 5.75 Å². The predicted octanol–water partition coefficient (Wildman–Crippen LogP) is 4.69. The van der Waals surface area contributed by atoms with Crippen molar-refractivity contribution in [1.82, 2.24) is 15.0 Å². The summed E-state index contributed by atoms with van der Waals surface area (Å²) in [6.07, 6.45) is 3.97. The third kappa shape index (κ3) is 3.33. The third-order valence-corrected chi connectivity index (χ3v) is 6.01. The lowest BCUT2D eigenvalue weighted by Crippen LogP contribution is -2.26. The molecule has 0 unspecified atom stereocenters. The van der Waals surface area contributed by atoms with Crippen LogP contribution in [0.3, 0.4) is 0 Å². The first-order valence-corrected chi connectivity index (χ1v) is 10.4. The normalized spacial score (nSPS) is 16.0. The molecule has 7 heteroatoms. The molecular formula is C23H18N4O2S. The Bertz CT molecular complexity index is 1240. The molecule has 0 fully saturated rings. The fourth-order valence-electron chi connectivity index (χ4n) is 3.62. The SMILES string of the molecule is COc1ccc(C2=NN(C(=O)c3cccs3)[C@H](c3ccc4nccnc4c3)C2)cc1. The lowest BCUT2D eigenvalue weighted by atomic mass is 9.98. The second-order valence-corrected chi connectivity index (χ2v) is 7.87. The third-order valence-electron chi connectivity index (χ3n) is 5.15. The van der Waals surface area contributed by atoms with Crippen LogP contribution in [0.2, 0.25) is 0 Å². The number of hydrazone groups is 1. The number of carbonyl (C=O) groups is 1. The maximum absolute atomic E-state index is 13.2. The summed E-state index contributed by atoms with van der Waals surface area (Å²) in [7, 11) is 1.64. The Balaban J connectivity index is 1.54. The average Bonchev–Trinajstić information content (AvgIpc) is 3.49. The van der Waals surface area contributed by atoms with Crippen molar-refractivity contribution in [1.29, 1.82) is 0 Å². The van der Waals surface area contributed by atoms with Crippen LogP contribution < -0.4 is 4.74 Å². The van der Waals surface area contributed by atoms with Gasteiger partial charge in [0.2, 0.25) is 0 Å². The molecule has 5 rings (SSSR count). The topological polar surface area (TPSA) is 67.7 Å². The highest BCUT2D eigenvalue weighted by molar-refractivity contribution is 7.12. The van der Waals surface area contributed by atoms with Crippen LogP contribution in [-0.4, -0.2) is 33.7 Å². The van der Waals surface area contributed by atoms with Gasteiger partial charge in [0.25, 0.3) is 5.91 Å². The van der Waals surface area contributed by atoms with E-state index in [1.54, 1.807) is 24.5 Å². The summed E-state index contributed by atoms with van der Waals surface area (Å²) in [6, 6.07) is 17.2. The number of thiophene rings is 1. The predicted molar refractivity (Wildman–Crippen MR) is 117 cm³/mol. The van der Waals surface area contributed by atoms with Crippen LogP contribution >= 0.6 is 11.3 Å². The Labute approximate surface area is 177 Å². The molecule has 1 aliphatic heterocycles. The Morgan fingerprint density at radius 1 is 1.07 bits per heavy atom. The molecule has 1 aliphatic rings. The molecule has 0 N–H and O–H groups in total. The molecule has 3 heterocycles. The van der Waals surface area contributed by atoms with Gasteiger partial charge in [-0.2, -0.15) is 5.10 Å². The van der Waals surface area contributed by atoms with E-state index < -0.39 is 0 Å². The van der Waals surface area contributed by atoms with E-state index in [0.29, 0.717) is 11.3 Å². The van der Waals surface area contributed by atoms with Crippen LogP contribution in [0.5, 0.6) is 5.75 Å². The molecule has 6 nitrogen and oxygen atoms in total. The lowest BCUT2D eigenvalue weighted by Gasteiger charge is -2.21. The summed E-state index contributed by atoms with van der Waals surface area (Å²) in [5.41, 5.74) is 4.46. The van der Waals surface area contributed by atoms with Crippen LogP contribution in [0, 0.1) is 0 Å². The molecule has 0 spiro atoms. The van der Waals surface area contributed by atoms with E-state index in [9.17, 15) is 4.79 Å². The second-order valence-electron chi connectivity index (χ2n) is 6.93. The smallest absolute Gasteiger partial charge is 0.284 e. The van der Waals surface area contributed by atoms with Crippen molar-refractivity contribution in [2.24, 2.45) is 5.10 Å². The molecule has 2 aromatic carbocycles. The van der Waals surface area contributed by atoms with Gasteiger partial charge >= 0.3 is 0 Å². The Morgan fingerprint density at radius 2 is 1.87 bits per heavy atom. The number of aromatic nitrogens is 2. The number of rotatable bonds is 4. The van der Waals surface area contributed by atoms with Crippen LogP contribution in [0.25, 0.3) is 11.0 Å². The minimum absolute atomic E-state index is 0.0993. The lowest BCUT2D eigenvalue weighted by molar-refractivity contribution is 0.0716. The monoisotopic (exact) mass is 414 g/mol. The molecule has 0 radical (unpaired) electrons. The van der Waals surface area contributed by atoms with Gasteiger partial charge in [-0.1, -0.05) is 12.1 Å². The number of methoxy groups -OCH3 is 1. The van der Waals surface area contributed by atoms with Crippen LogP contribution in [0.15, 0.2) is 77.5 Å². The fraction of sp³-hybridized carbons (Fsp3) is 0.130. The highest BCUT2D eigenvalue weighted by Crippen LogP contribution is 2.35. The van der Waals surface area contributed by atoms with Gasteiger partial charge in [0.15, 0.2) is 0 Å². The molecular weight excluding hydrogens is 396 g/mol. The van der Waals surface area contributed by atoms with Crippen molar-refractivity contribution in [2.45, 2.75) is 12.5 Å². The minimum atomic E-state index is -0.205. The molecule has 2 aromatic heterocycles. The number of hydrogen-bond donors (Lipinski definition) is 0. The number of benzene rings is 2. The first-order valence-electron chi connectivity index (χ1n) is 9.52. The van der Waals surface area contributed by atoms with Gasteiger partial charge in [-0.25, -0.2) is 5.01 Å². The van der Waals surface area contributed by atoms with Crippen LogP contribution in [0.1, 0.15) is 33.3 Å². The Kier molecular flexibility index (Phi) is 4.72. The molecule has 30 heavy (non-hydrogen) atoms. The second kappa shape index (κ2) is 7.68. The first kappa shape index (κ1) is 18.4. The summed E-state index contributed by atoms with van der Waals surface area (Å²) in [4.78, 5) is 22.6. The maximum atomic E-state index is 13.2. The number of fused-ring (bicyclic) bond motifs is 1. The number of ether oxygens (including phenoxy) is 1. The number of nitrogens with zero attached hydrogens (tertiary/aromatic N) is 4. The Hall–Kier alpha value is -3.58. The molecule has 0 bridgehead atoms. The zero-order valence-corrected chi connectivity index (χ0v) is 17.0. The molecule has 0 saturated carbocycles. The van der Waals surface area contributed by atoms with E-state index >= 15 is 0 Å². The summed E-state index contributed by atoms with van der Waals surface area (Å²) >= 11 is 1.42. The van der Waals surface area contributed by atoms with Gasteiger partial charge < -0.3 is 4.74 Å². The fourth-order valence-corrected chi connectivity index (χ4v) is 4.27. The van der Waals surface area contributed by atoms with E-state index in [0.717, 1.165) is 33.6 Å². The summed E-state index contributed by atoms with van der Waals surface area (Å²) in [5, 5.41) is 8.24. The molecule has 0 saturated heterocycles. The number of hydrogen-bond acceptors (Lipinski definition) is 6. The molecule has 0 aliphatic carbocycles. The highest BCUT2D eigenvalue weighted by atomic mass is 32.1. The van der Waals surface area contributed by atoms with Crippen molar-refractivity contribution in [2.75, 3.05) is 7.11 Å². The van der Waals surface area contributed by atoms with Crippen molar-refractivity contribution >= 4 is 34.0 Å². The van der Waals surface area contributed by atoms with E-state index in [1.165, 1.54) is 11.3 Å². The minimum Gasteiger partial charge on any atom is -0.497 e. The summed E-state index contributed by atoms with van der Waals surface area (Å²) in [5.74, 6) is 0.686. The van der Waals surface area contributed by atoms with Gasteiger partial charge in [-0.3, -0.25) is 14.8 Å². The van der Waals surface area contributed by atoms with E-state index in [-0.39, 0.29) is 11.9 Å². The van der Waals surface area contributed by atoms with Gasteiger partial charge in [-0.05, 0) is 59.0 Å². The van der Waals surface area contributed by atoms with Crippen LogP contribution in [0.4, 0.5) is 0 Å². The molecule has 148 valence electrons. The summed E-state index contributed by atoms with van der Waals surface area (Å²) in [6.45, 7) is 0.